The molecule has 3 heterocycles. The van der Waals surface area contributed by atoms with E-state index in [2.05, 4.69) is 54.5 Å². The largest absolute Gasteiger partial charge is 1.00 e. The molecule has 0 radical (unpaired) electrons. The SMILES string of the molecule is C=Cc1cc(-c2cc(F)c(N)c(C=NC)c2)cnc1-c1ccc(N2CC(C)(C)NC(C)(C)C2)[n-]1.CC.[K+]. The topological polar surface area (TPSA) is 80.6 Å². The first-order chi connectivity index (χ1) is 17.0. The third kappa shape index (κ3) is 7.40. The second-order valence-corrected chi connectivity index (χ2v) is 10.2. The van der Waals surface area contributed by atoms with Gasteiger partial charge in [-0.2, -0.15) is 0 Å². The number of nitrogens with two attached hydrogens (primary N) is 1. The second kappa shape index (κ2) is 12.8. The molecule has 0 amide bonds. The van der Waals surface area contributed by atoms with Crippen LogP contribution in [0.2, 0.25) is 0 Å². The average molecular weight is 529 g/mol. The van der Waals surface area contributed by atoms with E-state index in [-0.39, 0.29) is 68.1 Å². The van der Waals surface area contributed by atoms with Gasteiger partial charge in [-0.3, -0.25) is 9.98 Å². The van der Waals surface area contributed by atoms with Gasteiger partial charge in [0.2, 0.25) is 0 Å². The van der Waals surface area contributed by atoms with Crippen molar-refractivity contribution in [2.24, 2.45) is 4.99 Å². The normalized spacial score (nSPS) is 16.1. The Balaban J connectivity index is 0.00000157. The number of rotatable bonds is 5. The summed E-state index contributed by atoms with van der Waals surface area (Å²) in [5.41, 5.74) is 10.2. The minimum Gasteiger partial charge on any atom is -0.465 e. The molecule has 0 saturated carbocycles. The number of anilines is 2. The van der Waals surface area contributed by atoms with Crippen molar-refractivity contribution in [2.45, 2.75) is 52.6 Å². The summed E-state index contributed by atoms with van der Waals surface area (Å²) in [6.45, 7) is 18.5. The molecule has 0 aliphatic carbocycles. The number of piperazine rings is 1. The van der Waals surface area contributed by atoms with Crippen LogP contribution in [0.5, 0.6) is 0 Å². The molecule has 1 saturated heterocycles. The maximum absolute atomic E-state index is 14.4. The quantitative estimate of drug-likeness (QED) is 0.302. The van der Waals surface area contributed by atoms with Crippen LogP contribution in [0.25, 0.3) is 28.6 Å². The van der Waals surface area contributed by atoms with Gasteiger partial charge >= 0.3 is 51.4 Å². The molecule has 1 aliphatic heterocycles. The molecule has 4 rings (SSSR count). The molecule has 0 unspecified atom stereocenters. The van der Waals surface area contributed by atoms with Crippen molar-refractivity contribution in [1.29, 1.82) is 0 Å². The molecular formula is C29H38FKN6. The van der Waals surface area contributed by atoms with Gasteiger partial charge in [0.25, 0.3) is 0 Å². The molecular weight excluding hydrogens is 490 g/mol. The number of aromatic nitrogens is 2. The summed E-state index contributed by atoms with van der Waals surface area (Å²) in [5, 5.41) is 3.69. The molecule has 37 heavy (non-hydrogen) atoms. The Bertz CT molecular complexity index is 1250. The van der Waals surface area contributed by atoms with Crippen LogP contribution < -0.4 is 72.3 Å². The molecule has 0 bridgehead atoms. The molecule has 3 aromatic rings. The molecule has 1 aromatic carbocycles. The van der Waals surface area contributed by atoms with Crippen LogP contribution in [0.15, 0.2) is 48.1 Å². The zero-order valence-electron chi connectivity index (χ0n) is 23.5. The van der Waals surface area contributed by atoms with E-state index in [4.69, 9.17) is 10.7 Å². The molecule has 3 N–H and O–H groups in total. The van der Waals surface area contributed by atoms with Gasteiger partial charge in [0, 0.05) is 47.2 Å². The summed E-state index contributed by atoms with van der Waals surface area (Å²) in [4.78, 5) is 15.9. The first-order valence-electron chi connectivity index (χ1n) is 12.3. The summed E-state index contributed by atoms with van der Waals surface area (Å²) >= 11 is 0. The Morgan fingerprint density at radius 2 is 1.70 bits per heavy atom. The Morgan fingerprint density at radius 3 is 2.30 bits per heavy atom. The zero-order valence-corrected chi connectivity index (χ0v) is 26.6. The van der Waals surface area contributed by atoms with Gasteiger partial charge < -0.3 is 20.9 Å². The van der Waals surface area contributed by atoms with Crippen molar-refractivity contribution < 1.29 is 55.8 Å². The smallest absolute Gasteiger partial charge is 0.465 e. The standard InChI is InChI=1S/C27H32FN6.C2H6.K/c1-7-17-10-19(18-11-20(13-30-6)24(29)21(28)12-18)14-31-25(17)22-8-9-23(32-22)34-15-26(2,3)33-27(4,5)16-34;1-2;/h7-14,33H,1,15-16,29H2,2-6H3;1-2H3;/q-1;;+1. The Labute approximate surface area is 263 Å². The van der Waals surface area contributed by atoms with Gasteiger partial charge in [-0.15, -0.1) is 0 Å². The first kappa shape index (κ1) is 31.4. The van der Waals surface area contributed by atoms with Crippen LogP contribution in [0, 0.1) is 5.82 Å². The van der Waals surface area contributed by atoms with Crippen molar-refractivity contribution >= 4 is 23.8 Å². The summed E-state index contributed by atoms with van der Waals surface area (Å²) in [7, 11) is 1.62. The Morgan fingerprint density at radius 1 is 1.08 bits per heavy atom. The van der Waals surface area contributed by atoms with Gasteiger partial charge in [0.1, 0.15) is 5.82 Å². The van der Waals surface area contributed by atoms with Crippen LogP contribution in [0.3, 0.4) is 0 Å². The number of nitrogens with one attached hydrogen (secondary N) is 1. The van der Waals surface area contributed by atoms with E-state index in [0.29, 0.717) is 11.1 Å². The van der Waals surface area contributed by atoms with E-state index in [1.54, 1.807) is 25.5 Å². The van der Waals surface area contributed by atoms with Crippen LogP contribution in [0.1, 0.15) is 52.7 Å². The number of benzene rings is 1. The fourth-order valence-electron chi connectivity index (χ4n) is 4.89. The number of hydrogen-bond acceptors (Lipinski definition) is 5. The van der Waals surface area contributed by atoms with Crippen LogP contribution in [-0.2, 0) is 0 Å². The molecule has 2 aromatic heterocycles. The molecule has 192 valence electrons. The van der Waals surface area contributed by atoms with E-state index in [9.17, 15) is 4.39 Å². The molecule has 0 spiro atoms. The van der Waals surface area contributed by atoms with E-state index in [1.807, 2.05) is 38.1 Å². The van der Waals surface area contributed by atoms with Crippen LogP contribution in [-0.4, -0.2) is 42.4 Å². The van der Waals surface area contributed by atoms with Gasteiger partial charge in [-0.1, -0.05) is 44.5 Å². The maximum Gasteiger partial charge on any atom is 1.00 e. The Kier molecular flexibility index (Phi) is 10.9. The molecule has 1 fully saturated rings. The first-order valence-corrected chi connectivity index (χ1v) is 12.3. The van der Waals surface area contributed by atoms with E-state index in [1.165, 1.54) is 6.07 Å². The van der Waals surface area contributed by atoms with Crippen LogP contribution >= 0.6 is 0 Å². The second-order valence-electron chi connectivity index (χ2n) is 10.2. The zero-order chi connectivity index (χ0) is 26.7. The van der Waals surface area contributed by atoms with Crippen molar-refractivity contribution in [3.63, 3.8) is 0 Å². The monoisotopic (exact) mass is 528 g/mol. The summed E-state index contributed by atoms with van der Waals surface area (Å²) in [6.07, 6.45) is 5.02. The Hall–Kier alpha value is -1.81. The summed E-state index contributed by atoms with van der Waals surface area (Å²) < 4.78 is 14.4. The van der Waals surface area contributed by atoms with E-state index in [0.717, 1.165) is 41.4 Å². The van der Waals surface area contributed by atoms with E-state index >= 15 is 0 Å². The molecule has 6 nitrogen and oxygen atoms in total. The molecule has 8 heteroatoms. The number of nitrogens with zero attached hydrogens (tertiary/aromatic N) is 4. The van der Waals surface area contributed by atoms with Crippen LogP contribution in [0.4, 0.5) is 15.9 Å². The van der Waals surface area contributed by atoms with Gasteiger partial charge in [-0.25, -0.2) is 4.39 Å². The van der Waals surface area contributed by atoms with Crippen molar-refractivity contribution in [3.05, 3.63) is 60.1 Å². The number of hydrogen-bond donors (Lipinski definition) is 2. The summed E-state index contributed by atoms with van der Waals surface area (Å²) in [6, 6.07) is 9.20. The third-order valence-corrected chi connectivity index (χ3v) is 5.94. The van der Waals surface area contributed by atoms with Crippen molar-refractivity contribution in [3.8, 4) is 22.5 Å². The van der Waals surface area contributed by atoms with Gasteiger partial charge in [0.15, 0.2) is 0 Å². The fraction of sp³-hybridized carbons (Fsp3) is 0.379. The number of aliphatic imine (C=N–C) groups is 1. The summed E-state index contributed by atoms with van der Waals surface area (Å²) in [5.74, 6) is 0.448. The van der Waals surface area contributed by atoms with Gasteiger partial charge in [-0.05, 0) is 70.2 Å². The minimum atomic E-state index is -0.485. The molecule has 1 aliphatic rings. The average Bonchev–Trinajstić information content (AvgIpc) is 3.31. The third-order valence-electron chi connectivity index (χ3n) is 5.94. The predicted molar refractivity (Wildman–Crippen MR) is 151 cm³/mol. The van der Waals surface area contributed by atoms with Crippen molar-refractivity contribution in [1.82, 2.24) is 15.3 Å². The van der Waals surface area contributed by atoms with Gasteiger partial charge in [0.05, 0.1) is 11.4 Å². The fourth-order valence-corrected chi connectivity index (χ4v) is 4.89. The van der Waals surface area contributed by atoms with E-state index < -0.39 is 5.82 Å². The number of halogens is 1. The number of pyridine rings is 1. The molecule has 0 atom stereocenters. The maximum atomic E-state index is 14.4. The number of nitrogen functional groups attached to an aromatic ring is 1. The predicted octanol–water partition coefficient (Wildman–Crippen LogP) is 2.78. The van der Waals surface area contributed by atoms with Crippen molar-refractivity contribution in [2.75, 3.05) is 30.8 Å². The minimum absolute atomic E-state index is 0.